The van der Waals surface area contributed by atoms with E-state index in [-0.39, 0.29) is 6.61 Å². The van der Waals surface area contributed by atoms with Crippen LogP contribution in [-0.2, 0) is 4.74 Å². The van der Waals surface area contributed by atoms with Gasteiger partial charge >= 0.3 is 6.09 Å². The highest BCUT2D eigenvalue weighted by atomic mass is 35.5. The minimum atomic E-state index is -0.571. The van der Waals surface area contributed by atoms with E-state index in [4.69, 9.17) is 16.3 Å². The maximum absolute atomic E-state index is 11.6. The molecule has 0 spiro atoms. The zero-order valence-electron chi connectivity index (χ0n) is 10.7. The van der Waals surface area contributed by atoms with Gasteiger partial charge in [-0.2, -0.15) is 0 Å². The molecule has 18 heavy (non-hydrogen) atoms. The van der Waals surface area contributed by atoms with E-state index in [0.29, 0.717) is 5.02 Å². The number of halogens is 1. The van der Waals surface area contributed by atoms with Gasteiger partial charge in [-0.1, -0.05) is 23.7 Å². The van der Waals surface area contributed by atoms with E-state index in [1.807, 2.05) is 0 Å². The van der Waals surface area contributed by atoms with E-state index >= 15 is 0 Å². The number of ether oxygens (including phenoxy) is 1. The lowest BCUT2D eigenvalue weighted by Crippen LogP contribution is -2.36. The quantitative estimate of drug-likeness (QED) is 0.889. The topological polar surface area (TPSA) is 58.6 Å². The predicted octanol–water partition coefficient (Wildman–Crippen LogP) is 2.90. The minimum Gasteiger partial charge on any atom is -0.444 e. The maximum Gasteiger partial charge on any atom is 0.408 e. The zero-order valence-corrected chi connectivity index (χ0v) is 11.5. The fourth-order valence-corrected chi connectivity index (χ4v) is 1.61. The number of benzene rings is 1. The normalized spacial score (nSPS) is 12.9. The molecule has 0 aliphatic rings. The molecule has 0 heterocycles. The minimum absolute atomic E-state index is 0.223. The van der Waals surface area contributed by atoms with E-state index in [1.165, 1.54) is 0 Å². The van der Waals surface area contributed by atoms with Gasteiger partial charge in [0.15, 0.2) is 0 Å². The van der Waals surface area contributed by atoms with E-state index < -0.39 is 17.7 Å². The Morgan fingerprint density at radius 3 is 2.67 bits per heavy atom. The molecule has 0 saturated heterocycles. The third-order valence-corrected chi connectivity index (χ3v) is 2.36. The first kappa shape index (κ1) is 14.8. The molecule has 1 aromatic rings. The summed E-state index contributed by atoms with van der Waals surface area (Å²) in [5.41, 5.74) is 0.161. The fraction of sp³-hybridized carbons (Fsp3) is 0.462. The molecule has 4 nitrogen and oxygen atoms in total. The number of nitrogens with one attached hydrogen (secondary N) is 1. The molecule has 0 aliphatic heterocycles. The number of rotatable bonds is 3. The molecule has 1 amide bonds. The van der Waals surface area contributed by atoms with Crippen molar-refractivity contribution in [2.24, 2.45) is 0 Å². The third-order valence-electron chi connectivity index (χ3n) is 2.12. The van der Waals surface area contributed by atoms with Gasteiger partial charge in [0.1, 0.15) is 5.60 Å². The van der Waals surface area contributed by atoms with Crippen molar-refractivity contribution in [1.82, 2.24) is 5.32 Å². The lowest BCUT2D eigenvalue weighted by molar-refractivity contribution is 0.0482. The molecule has 100 valence electrons. The highest BCUT2D eigenvalue weighted by Crippen LogP contribution is 2.18. The van der Waals surface area contributed by atoms with E-state index in [1.54, 1.807) is 45.0 Å². The van der Waals surface area contributed by atoms with Crippen molar-refractivity contribution in [3.63, 3.8) is 0 Å². The van der Waals surface area contributed by atoms with E-state index in [2.05, 4.69) is 5.32 Å². The van der Waals surface area contributed by atoms with Gasteiger partial charge in [-0.25, -0.2) is 4.79 Å². The second-order valence-electron chi connectivity index (χ2n) is 4.94. The summed E-state index contributed by atoms with van der Waals surface area (Å²) >= 11 is 5.86. The molecule has 1 atom stereocenters. The summed E-state index contributed by atoms with van der Waals surface area (Å²) in [6.45, 7) is 5.11. The van der Waals surface area contributed by atoms with E-state index in [9.17, 15) is 9.90 Å². The summed E-state index contributed by atoms with van der Waals surface area (Å²) in [4.78, 5) is 11.6. The number of aliphatic hydroxyl groups is 1. The summed E-state index contributed by atoms with van der Waals surface area (Å²) in [6.07, 6.45) is -0.568. The van der Waals surface area contributed by atoms with Crippen LogP contribution in [0.15, 0.2) is 24.3 Å². The molecule has 5 heteroatoms. The van der Waals surface area contributed by atoms with Gasteiger partial charge in [-0.3, -0.25) is 0 Å². The Kier molecular flexibility index (Phi) is 4.99. The number of aliphatic hydroxyl groups excluding tert-OH is 1. The summed E-state index contributed by atoms with van der Waals surface area (Å²) in [6, 6.07) is 6.44. The van der Waals surface area contributed by atoms with Gasteiger partial charge < -0.3 is 15.2 Å². The highest BCUT2D eigenvalue weighted by Gasteiger charge is 2.20. The summed E-state index contributed by atoms with van der Waals surface area (Å²) in [5.74, 6) is 0. The summed E-state index contributed by atoms with van der Waals surface area (Å²) in [7, 11) is 0. The van der Waals surface area contributed by atoms with E-state index in [0.717, 1.165) is 5.56 Å². The Balaban J connectivity index is 2.71. The van der Waals surface area contributed by atoms with Gasteiger partial charge in [0.2, 0.25) is 0 Å². The van der Waals surface area contributed by atoms with Crippen LogP contribution in [0.5, 0.6) is 0 Å². The van der Waals surface area contributed by atoms with Gasteiger partial charge in [0.05, 0.1) is 12.6 Å². The monoisotopic (exact) mass is 271 g/mol. The first-order valence-electron chi connectivity index (χ1n) is 5.67. The Morgan fingerprint density at radius 2 is 2.17 bits per heavy atom. The van der Waals surface area contributed by atoms with Gasteiger partial charge in [0.25, 0.3) is 0 Å². The van der Waals surface area contributed by atoms with Crippen molar-refractivity contribution >= 4 is 17.7 Å². The van der Waals surface area contributed by atoms with Crippen LogP contribution in [0, 0.1) is 0 Å². The molecule has 1 rings (SSSR count). The van der Waals surface area contributed by atoms with Crippen molar-refractivity contribution in [2.45, 2.75) is 32.4 Å². The number of carbonyl (C=O) groups excluding carboxylic acids is 1. The summed E-state index contributed by atoms with van der Waals surface area (Å²) < 4.78 is 5.13. The van der Waals surface area contributed by atoms with Crippen molar-refractivity contribution < 1.29 is 14.6 Å². The summed E-state index contributed by atoms with van der Waals surface area (Å²) in [5, 5.41) is 12.5. The van der Waals surface area contributed by atoms with Gasteiger partial charge in [-0.05, 0) is 38.5 Å². The largest absolute Gasteiger partial charge is 0.444 e. The Morgan fingerprint density at radius 1 is 1.50 bits per heavy atom. The molecular weight excluding hydrogens is 254 g/mol. The maximum atomic E-state index is 11.6. The van der Waals surface area contributed by atoms with Crippen LogP contribution in [0.2, 0.25) is 5.02 Å². The average molecular weight is 272 g/mol. The first-order chi connectivity index (χ1) is 8.31. The van der Waals surface area contributed by atoms with Crippen molar-refractivity contribution in [3.8, 4) is 0 Å². The lowest BCUT2D eigenvalue weighted by Gasteiger charge is -2.23. The van der Waals surface area contributed by atoms with Crippen molar-refractivity contribution in [1.29, 1.82) is 0 Å². The van der Waals surface area contributed by atoms with Crippen molar-refractivity contribution in [3.05, 3.63) is 34.9 Å². The molecule has 0 fully saturated rings. The Bertz CT molecular complexity index is 415. The molecule has 0 saturated carbocycles. The average Bonchev–Trinajstić information content (AvgIpc) is 2.23. The molecule has 0 aromatic heterocycles. The molecule has 0 aliphatic carbocycles. The predicted molar refractivity (Wildman–Crippen MR) is 70.6 cm³/mol. The van der Waals surface area contributed by atoms with Crippen LogP contribution in [0.1, 0.15) is 32.4 Å². The number of hydrogen-bond donors (Lipinski definition) is 2. The van der Waals surface area contributed by atoms with Crippen LogP contribution in [-0.4, -0.2) is 23.4 Å². The molecule has 2 N–H and O–H groups in total. The SMILES string of the molecule is CC(C)(C)OC(=O)N[C@@H](CO)c1cccc(Cl)c1. The third kappa shape index (κ3) is 4.94. The smallest absolute Gasteiger partial charge is 0.408 e. The Labute approximate surface area is 112 Å². The van der Waals surface area contributed by atoms with Crippen LogP contribution in [0.3, 0.4) is 0 Å². The second-order valence-corrected chi connectivity index (χ2v) is 5.37. The van der Waals surface area contributed by atoms with Crippen LogP contribution >= 0.6 is 11.6 Å². The fourth-order valence-electron chi connectivity index (χ4n) is 1.41. The second kappa shape index (κ2) is 6.07. The Hall–Kier alpha value is -1.26. The molecular formula is C13H18ClNO3. The van der Waals surface area contributed by atoms with Crippen LogP contribution in [0.25, 0.3) is 0 Å². The molecule has 0 bridgehead atoms. The highest BCUT2D eigenvalue weighted by molar-refractivity contribution is 6.30. The first-order valence-corrected chi connectivity index (χ1v) is 6.05. The number of alkyl carbamates (subject to hydrolysis) is 1. The standard InChI is InChI=1S/C13H18ClNO3/c1-13(2,3)18-12(17)15-11(8-16)9-5-4-6-10(14)7-9/h4-7,11,16H,8H2,1-3H3,(H,15,17)/t11-/m0/s1. The van der Waals surface area contributed by atoms with Crippen LogP contribution in [0.4, 0.5) is 4.79 Å². The van der Waals surface area contributed by atoms with Crippen LogP contribution < -0.4 is 5.32 Å². The molecule has 1 aromatic carbocycles. The lowest BCUT2D eigenvalue weighted by atomic mass is 10.1. The molecule has 0 unspecified atom stereocenters. The number of amides is 1. The zero-order chi connectivity index (χ0) is 13.8. The number of hydrogen-bond acceptors (Lipinski definition) is 3. The molecule has 0 radical (unpaired) electrons. The van der Waals surface area contributed by atoms with Gasteiger partial charge in [-0.15, -0.1) is 0 Å². The van der Waals surface area contributed by atoms with Crippen molar-refractivity contribution in [2.75, 3.05) is 6.61 Å². The van der Waals surface area contributed by atoms with Gasteiger partial charge in [0, 0.05) is 5.02 Å². The number of carbonyl (C=O) groups is 1.